The molecular weight excluding hydrogens is 708 g/mol. The van der Waals surface area contributed by atoms with E-state index in [9.17, 15) is 24.0 Å². The van der Waals surface area contributed by atoms with Gasteiger partial charge in [-0.05, 0) is 87.5 Å². The number of hydrogen-bond donors (Lipinski definition) is 0. The van der Waals surface area contributed by atoms with E-state index in [1.54, 1.807) is 0 Å². The lowest BCUT2D eigenvalue weighted by Gasteiger charge is -2.46. The molecule has 0 radical (unpaired) electrons. The van der Waals surface area contributed by atoms with Crippen molar-refractivity contribution in [1.82, 2.24) is 0 Å². The van der Waals surface area contributed by atoms with Crippen LogP contribution in [0.4, 0.5) is 0 Å². The second kappa shape index (κ2) is 18.4. The van der Waals surface area contributed by atoms with Crippen LogP contribution in [0.2, 0.25) is 0 Å². The van der Waals surface area contributed by atoms with Crippen molar-refractivity contribution in [3.8, 4) is 0 Å². The van der Waals surface area contributed by atoms with Gasteiger partial charge in [-0.2, -0.15) is 0 Å². The summed E-state index contributed by atoms with van der Waals surface area (Å²) in [6.07, 6.45) is 9.65. The van der Waals surface area contributed by atoms with Gasteiger partial charge in [-0.25, -0.2) is 4.79 Å². The Bertz CT molecular complexity index is 1560. The number of fused-ring (bicyclic) bond motifs is 1. The van der Waals surface area contributed by atoms with Crippen molar-refractivity contribution in [2.75, 3.05) is 7.11 Å². The Morgan fingerprint density at radius 2 is 1.45 bits per heavy atom. The lowest BCUT2D eigenvalue weighted by molar-refractivity contribution is -0.324. The molecule has 1 aliphatic heterocycles. The van der Waals surface area contributed by atoms with Crippen LogP contribution in [0, 0.1) is 29.1 Å². The highest BCUT2D eigenvalue weighted by molar-refractivity contribution is 5.77. The lowest BCUT2D eigenvalue weighted by atomic mass is 9.61. The van der Waals surface area contributed by atoms with E-state index in [0.717, 1.165) is 71.5 Å². The summed E-state index contributed by atoms with van der Waals surface area (Å²) in [6, 6.07) is 0. The highest BCUT2D eigenvalue weighted by atomic mass is 16.7. The van der Waals surface area contributed by atoms with Gasteiger partial charge < -0.3 is 33.2 Å². The van der Waals surface area contributed by atoms with E-state index in [1.165, 1.54) is 25.0 Å². The molecule has 4 fully saturated rings. The van der Waals surface area contributed by atoms with Gasteiger partial charge in [0, 0.05) is 40.0 Å². The number of hydrogen-bond acceptors (Lipinski definition) is 12. The Morgan fingerprint density at radius 1 is 0.836 bits per heavy atom. The number of esters is 5. The quantitative estimate of drug-likeness (QED) is 0.114. The van der Waals surface area contributed by atoms with Gasteiger partial charge in [-0.3, -0.25) is 19.2 Å². The summed E-state index contributed by atoms with van der Waals surface area (Å²) in [5, 5.41) is 0. The molecule has 1 heterocycles. The number of allylic oxidation sites excluding steroid dienone is 5. The van der Waals surface area contributed by atoms with Gasteiger partial charge in [0.15, 0.2) is 30.7 Å². The van der Waals surface area contributed by atoms with Gasteiger partial charge in [-0.1, -0.05) is 62.8 Å². The highest BCUT2D eigenvalue weighted by Crippen LogP contribution is 2.59. The zero-order chi connectivity index (χ0) is 40.8. The van der Waals surface area contributed by atoms with Gasteiger partial charge >= 0.3 is 29.8 Å². The second-order valence-electron chi connectivity index (χ2n) is 16.5. The molecule has 0 spiro atoms. The van der Waals surface area contributed by atoms with E-state index in [0.29, 0.717) is 18.3 Å². The predicted molar refractivity (Wildman–Crippen MR) is 203 cm³/mol. The number of methoxy groups -OCH3 is 1. The van der Waals surface area contributed by atoms with Crippen LogP contribution in [0.3, 0.4) is 0 Å². The average molecular weight is 771 g/mol. The molecule has 0 aromatic carbocycles. The summed E-state index contributed by atoms with van der Waals surface area (Å²) in [5.74, 6) is -2.32. The third-order valence-corrected chi connectivity index (χ3v) is 12.2. The Labute approximate surface area is 326 Å². The van der Waals surface area contributed by atoms with Crippen LogP contribution in [0.5, 0.6) is 0 Å². The first-order valence-corrected chi connectivity index (χ1v) is 19.6. The topological polar surface area (TPSA) is 150 Å². The Balaban J connectivity index is 1.51. The van der Waals surface area contributed by atoms with Crippen LogP contribution in [0.25, 0.3) is 0 Å². The van der Waals surface area contributed by atoms with Gasteiger partial charge in [-0.15, -0.1) is 0 Å². The molecule has 0 amide bonds. The van der Waals surface area contributed by atoms with Gasteiger partial charge in [0.2, 0.25) is 0 Å². The fraction of sp³-hybridized carbons (Fsp3) is 0.698. The lowest BCUT2D eigenvalue weighted by Crippen LogP contribution is -2.65. The summed E-state index contributed by atoms with van der Waals surface area (Å²) in [7, 11) is 1.15. The largest absolute Gasteiger partial charge is 0.467 e. The van der Waals surface area contributed by atoms with Crippen molar-refractivity contribution >= 4 is 29.8 Å². The van der Waals surface area contributed by atoms with Crippen LogP contribution in [0.1, 0.15) is 114 Å². The molecule has 12 nitrogen and oxygen atoms in total. The number of rotatable bonds is 12. The summed E-state index contributed by atoms with van der Waals surface area (Å²) >= 11 is 0. The molecule has 4 aliphatic rings. The molecule has 306 valence electrons. The molecule has 3 aliphatic carbocycles. The van der Waals surface area contributed by atoms with E-state index < -0.39 is 60.2 Å². The summed E-state index contributed by atoms with van der Waals surface area (Å²) < 4.78 is 39.4. The molecule has 0 bridgehead atoms. The van der Waals surface area contributed by atoms with Gasteiger partial charge in [0.25, 0.3) is 0 Å². The first-order chi connectivity index (χ1) is 25.8. The van der Waals surface area contributed by atoms with Crippen LogP contribution < -0.4 is 0 Å². The summed E-state index contributed by atoms with van der Waals surface area (Å²) in [4.78, 5) is 61.1. The second-order valence-corrected chi connectivity index (χ2v) is 16.5. The van der Waals surface area contributed by atoms with Gasteiger partial charge in [0.05, 0.1) is 12.7 Å². The zero-order valence-electron chi connectivity index (χ0n) is 34.3. The molecular formula is C43H62O12. The Kier molecular flexibility index (Phi) is 14.7. The maximum Gasteiger partial charge on any atom is 0.339 e. The molecule has 0 unspecified atom stereocenters. The monoisotopic (exact) mass is 770 g/mol. The normalized spacial score (nSPS) is 33.7. The minimum atomic E-state index is -1.53. The Hall–Kier alpha value is -3.77. The van der Waals surface area contributed by atoms with Crippen LogP contribution >= 0.6 is 0 Å². The Morgan fingerprint density at radius 3 is 2.07 bits per heavy atom. The minimum Gasteiger partial charge on any atom is -0.467 e. The number of carbonyl (C=O) groups excluding carboxylic acids is 5. The molecule has 0 aromatic heterocycles. The van der Waals surface area contributed by atoms with E-state index in [2.05, 4.69) is 44.7 Å². The van der Waals surface area contributed by atoms with Crippen LogP contribution in [0.15, 0.2) is 47.6 Å². The molecule has 4 rings (SSSR count). The molecule has 0 N–H and O–H groups in total. The smallest absolute Gasteiger partial charge is 0.339 e. The van der Waals surface area contributed by atoms with E-state index >= 15 is 0 Å². The third-order valence-electron chi connectivity index (χ3n) is 12.2. The first kappa shape index (κ1) is 44.0. The van der Waals surface area contributed by atoms with Crippen LogP contribution in [-0.4, -0.2) is 79.4 Å². The van der Waals surface area contributed by atoms with Crippen molar-refractivity contribution < 1.29 is 57.1 Å². The average Bonchev–Trinajstić information content (AvgIpc) is 3.45. The van der Waals surface area contributed by atoms with Crippen molar-refractivity contribution in [2.45, 2.75) is 156 Å². The third kappa shape index (κ3) is 10.8. The number of ether oxygens (including phenoxy) is 7. The molecule has 55 heavy (non-hydrogen) atoms. The first-order valence-electron chi connectivity index (χ1n) is 19.6. The van der Waals surface area contributed by atoms with Crippen LogP contribution in [-0.2, 0) is 57.1 Å². The van der Waals surface area contributed by atoms with Crippen molar-refractivity contribution in [3.05, 3.63) is 47.6 Å². The van der Waals surface area contributed by atoms with Crippen molar-refractivity contribution in [1.29, 1.82) is 0 Å². The molecule has 3 saturated carbocycles. The van der Waals surface area contributed by atoms with E-state index in [4.69, 9.17) is 33.2 Å². The fourth-order valence-corrected chi connectivity index (χ4v) is 9.15. The minimum absolute atomic E-state index is 0.0924. The van der Waals surface area contributed by atoms with E-state index in [1.807, 2.05) is 20.8 Å². The molecule has 12 heteroatoms. The zero-order valence-corrected chi connectivity index (χ0v) is 34.3. The highest BCUT2D eigenvalue weighted by Gasteiger charge is 2.56. The maximum absolute atomic E-state index is 12.9. The van der Waals surface area contributed by atoms with Crippen molar-refractivity contribution in [3.63, 3.8) is 0 Å². The summed E-state index contributed by atoms with van der Waals surface area (Å²) in [6.45, 7) is 19.7. The predicted octanol–water partition coefficient (Wildman–Crippen LogP) is 7.04. The molecule has 0 aromatic rings. The fourth-order valence-electron chi connectivity index (χ4n) is 9.15. The standard InChI is InChI=1S/C43H62O12/c1-24-15-19-33(50-27(4)44)23-32(24)18-17-31-13-12-22-43(10)34(20-21-35(31)43)25(2)14-16-26(3)42(8,9)55-41-39(53-30(7)47)37(52-29(6)46)36(51-28(5)45)38(54-41)40(48)49-11/h14,16-18,25-26,33-39,41H,1,12-13,15,19-23H2,2-11H3/b16-14+,31-17+,32-18-/t25-,26+,33+,34-,35+,36+,37+,38+,39-,41+,43-/m1/s1. The number of carbonyl (C=O) groups is 5. The van der Waals surface area contributed by atoms with E-state index in [-0.39, 0.29) is 29.3 Å². The molecule has 1 saturated heterocycles. The molecule has 11 atom stereocenters. The summed E-state index contributed by atoms with van der Waals surface area (Å²) in [5.41, 5.74) is 2.99. The SMILES string of the molecule is C=C1CC[C@H](OC(C)=O)C/C1=C/C=C1\CCC[C@]2(C)[C@@H]([C@H](C)/C=C/[C@H](C)C(C)(C)O[C@@H]3O[C@H](C(=O)OC)[C@@H](OC(C)=O)[C@H](OC(C)=O)[C@H]3OC(C)=O)CC[C@@H]12. The van der Waals surface area contributed by atoms with Gasteiger partial charge in [0.1, 0.15) is 6.10 Å². The maximum atomic E-state index is 12.9. The van der Waals surface area contributed by atoms with Crippen molar-refractivity contribution in [2.24, 2.45) is 29.1 Å².